The lowest BCUT2D eigenvalue weighted by Crippen LogP contribution is -2.28. The Balaban J connectivity index is 1.60. The van der Waals surface area contributed by atoms with E-state index in [1.165, 1.54) is 30.7 Å². The molecule has 2 aromatic heterocycles. The second kappa shape index (κ2) is 5.65. The molecule has 0 aromatic carbocycles. The van der Waals surface area contributed by atoms with Crippen LogP contribution in [0.25, 0.3) is 0 Å². The highest BCUT2D eigenvalue weighted by atomic mass is 32.1. The molecule has 2 heterocycles. The van der Waals surface area contributed by atoms with Gasteiger partial charge in [-0.15, -0.1) is 11.3 Å². The van der Waals surface area contributed by atoms with Gasteiger partial charge in [0.15, 0.2) is 5.82 Å². The normalized spacial score (nSPS) is 13.8. The van der Waals surface area contributed by atoms with Gasteiger partial charge >= 0.3 is 0 Å². The summed E-state index contributed by atoms with van der Waals surface area (Å²) >= 11 is 1.38. The summed E-state index contributed by atoms with van der Waals surface area (Å²) in [5.41, 5.74) is 5.42. The summed E-state index contributed by atoms with van der Waals surface area (Å²) in [6.07, 6.45) is 5.21. The number of methoxy groups -OCH3 is 1. The van der Waals surface area contributed by atoms with Crippen LogP contribution >= 0.6 is 11.3 Å². The number of nitrogens with zero attached hydrogens (tertiary/aromatic N) is 2. The summed E-state index contributed by atoms with van der Waals surface area (Å²) in [5.74, 6) is -0.492. The molecule has 1 aliphatic rings. The largest absolute Gasteiger partial charge is 0.479 e. The minimum Gasteiger partial charge on any atom is -0.479 e. The number of nitrogens with one attached hydrogen (secondary N) is 2. The number of amides is 1. The van der Waals surface area contributed by atoms with Crippen LogP contribution in [0.3, 0.4) is 0 Å². The predicted octanol–water partition coefficient (Wildman–Crippen LogP) is 2.32. The van der Waals surface area contributed by atoms with Crippen molar-refractivity contribution in [3.05, 3.63) is 34.2 Å². The number of hydrogen-bond donors (Lipinski definition) is 2. The van der Waals surface area contributed by atoms with Crippen LogP contribution in [0, 0.1) is 5.82 Å². The van der Waals surface area contributed by atoms with Crippen molar-refractivity contribution in [3.63, 3.8) is 0 Å². The Morgan fingerprint density at radius 2 is 2.24 bits per heavy atom. The molecule has 21 heavy (non-hydrogen) atoms. The summed E-state index contributed by atoms with van der Waals surface area (Å²) in [6, 6.07) is 1.19. The summed E-state index contributed by atoms with van der Waals surface area (Å²) in [4.78, 5) is 20.5. The number of aromatic nitrogens is 2. The monoisotopic (exact) mass is 308 g/mol. The molecule has 0 radical (unpaired) electrons. The van der Waals surface area contributed by atoms with Crippen LogP contribution in [-0.2, 0) is 0 Å². The molecule has 6 nitrogen and oxygen atoms in total. The number of thiazole rings is 1. The zero-order chi connectivity index (χ0) is 14.8. The number of halogens is 1. The number of carbonyl (C=O) groups excluding carboxylic acids is 1. The van der Waals surface area contributed by atoms with Crippen molar-refractivity contribution in [2.75, 3.05) is 12.5 Å². The van der Waals surface area contributed by atoms with Gasteiger partial charge < -0.3 is 4.74 Å². The molecule has 0 aliphatic heterocycles. The Labute approximate surface area is 124 Å². The molecule has 1 amide bonds. The van der Waals surface area contributed by atoms with Crippen molar-refractivity contribution in [2.24, 2.45) is 0 Å². The highest BCUT2D eigenvalue weighted by Gasteiger charge is 2.27. The molecule has 110 valence electrons. The fourth-order valence-corrected chi connectivity index (χ4v) is 2.73. The van der Waals surface area contributed by atoms with E-state index >= 15 is 0 Å². The van der Waals surface area contributed by atoms with E-state index < -0.39 is 5.82 Å². The summed E-state index contributed by atoms with van der Waals surface area (Å²) in [5, 5.41) is 0.998. The molecule has 0 unspecified atom stereocenters. The van der Waals surface area contributed by atoms with E-state index in [0.717, 1.165) is 17.8 Å². The van der Waals surface area contributed by atoms with Crippen LogP contribution in [0.4, 0.5) is 10.1 Å². The average Bonchev–Trinajstić information content (AvgIpc) is 3.22. The van der Waals surface area contributed by atoms with Crippen molar-refractivity contribution in [3.8, 4) is 5.88 Å². The number of rotatable bonds is 5. The minimum absolute atomic E-state index is 0.0941. The zero-order valence-electron chi connectivity index (χ0n) is 11.2. The molecule has 2 aromatic rings. The van der Waals surface area contributed by atoms with Crippen LogP contribution in [0.2, 0.25) is 0 Å². The summed E-state index contributed by atoms with van der Waals surface area (Å²) in [6.45, 7) is 0. The number of carbonyl (C=O) groups is 1. The van der Waals surface area contributed by atoms with Crippen molar-refractivity contribution in [2.45, 2.75) is 18.8 Å². The molecule has 1 saturated carbocycles. The van der Waals surface area contributed by atoms with Gasteiger partial charge in [-0.05, 0) is 12.8 Å². The number of anilines is 1. The molecule has 0 spiro atoms. The Hall–Kier alpha value is -2.22. The van der Waals surface area contributed by atoms with Crippen LogP contribution in [0.15, 0.2) is 18.5 Å². The smallest absolute Gasteiger partial charge is 0.281 e. The third-order valence-electron chi connectivity index (χ3n) is 3.00. The Kier molecular flexibility index (Phi) is 3.70. The number of hydrogen-bond acceptors (Lipinski definition) is 6. The third-order valence-corrected chi connectivity index (χ3v) is 4.15. The fraction of sp³-hybridized carbons (Fsp3) is 0.308. The van der Waals surface area contributed by atoms with Crippen LogP contribution in [0.1, 0.15) is 33.4 Å². The first-order valence-corrected chi connectivity index (χ1v) is 7.20. The second-order valence-corrected chi connectivity index (χ2v) is 5.69. The van der Waals surface area contributed by atoms with Gasteiger partial charge in [0.05, 0.1) is 30.2 Å². The third kappa shape index (κ3) is 3.10. The first kappa shape index (κ1) is 13.7. The van der Waals surface area contributed by atoms with Crippen molar-refractivity contribution >= 4 is 22.9 Å². The maximum atomic E-state index is 13.4. The van der Waals surface area contributed by atoms with E-state index in [4.69, 9.17) is 4.74 Å². The van der Waals surface area contributed by atoms with Gasteiger partial charge in [-0.2, -0.15) is 0 Å². The maximum Gasteiger partial charge on any atom is 0.281 e. The number of pyridine rings is 1. The molecule has 2 N–H and O–H groups in total. The van der Waals surface area contributed by atoms with Gasteiger partial charge in [-0.25, -0.2) is 14.4 Å². The molecule has 3 rings (SSSR count). The average molecular weight is 308 g/mol. The Morgan fingerprint density at radius 1 is 1.43 bits per heavy atom. The lowest BCUT2D eigenvalue weighted by atomic mass is 10.4. The van der Waals surface area contributed by atoms with E-state index in [-0.39, 0.29) is 11.8 Å². The molecular weight excluding hydrogens is 295 g/mol. The second-order valence-electron chi connectivity index (χ2n) is 4.63. The van der Waals surface area contributed by atoms with Crippen LogP contribution < -0.4 is 15.6 Å². The quantitative estimate of drug-likeness (QED) is 0.829. The van der Waals surface area contributed by atoms with Crippen LogP contribution in [0.5, 0.6) is 5.88 Å². The van der Waals surface area contributed by atoms with E-state index in [2.05, 4.69) is 20.8 Å². The standard InChI is InChI=1S/C13H13FN4O2S/c1-20-12-9(14)4-8(5-15-12)17-18-11(19)10-6-16-13(21-10)7-2-3-7/h4-7,17H,2-3H2,1H3,(H,18,19). The zero-order valence-corrected chi connectivity index (χ0v) is 12.0. The van der Waals surface area contributed by atoms with Gasteiger partial charge in [0.2, 0.25) is 5.88 Å². The summed E-state index contributed by atoms with van der Waals surface area (Å²) < 4.78 is 18.2. The molecular formula is C13H13FN4O2S. The molecule has 1 aliphatic carbocycles. The van der Waals surface area contributed by atoms with Crippen molar-refractivity contribution < 1.29 is 13.9 Å². The van der Waals surface area contributed by atoms with Gasteiger partial charge in [0.25, 0.3) is 5.91 Å². The van der Waals surface area contributed by atoms with E-state index in [1.807, 2.05) is 0 Å². The lowest BCUT2D eigenvalue weighted by molar-refractivity contribution is 0.0966. The van der Waals surface area contributed by atoms with Gasteiger partial charge in [0.1, 0.15) is 4.88 Å². The highest BCUT2D eigenvalue weighted by Crippen LogP contribution is 2.41. The highest BCUT2D eigenvalue weighted by molar-refractivity contribution is 7.13. The van der Waals surface area contributed by atoms with Gasteiger partial charge in [-0.3, -0.25) is 15.6 Å². The van der Waals surface area contributed by atoms with Crippen molar-refractivity contribution in [1.29, 1.82) is 0 Å². The Bertz CT molecular complexity index is 672. The van der Waals surface area contributed by atoms with E-state index in [0.29, 0.717) is 16.5 Å². The topological polar surface area (TPSA) is 76.1 Å². The minimum atomic E-state index is -0.606. The van der Waals surface area contributed by atoms with Gasteiger partial charge in [0, 0.05) is 12.0 Å². The van der Waals surface area contributed by atoms with Gasteiger partial charge in [-0.1, -0.05) is 0 Å². The molecule has 8 heteroatoms. The lowest BCUT2D eigenvalue weighted by Gasteiger charge is -2.08. The fourth-order valence-electron chi connectivity index (χ4n) is 1.75. The molecule has 0 bridgehead atoms. The first-order valence-electron chi connectivity index (χ1n) is 6.39. The van der Waals surface area contributed by atoms with Crippen LogP contribution in [-0.4, -0.2) is 23.0 Å². The van der Waals surface area contributed by atoms with E-state index in [9.17, 15) is 9.18 Å². The van der Waals surface area contributed by atoms with E-state index in [1.54, 1.807) is 6.20 Å². The predicted molar refractivity (Wildman–Crippen MR) is 75.9 cm³/mol. The summed E-state index contributed by atoms with van der Waals surface area (Å²) in [7, 11) is 1.33. The Morgan fingerprint density at radius 3 is 2.90 bits per heavy atom. The van der Waals surface area contributed by atoms with Crippen molar-refractivity contribution in [1.82, 2.24) is 15.4 Å². The maximum absolute atomic E-state index is 13.4. The SMILES string of the molecule is COc1ncc(NNC(=O)c2cnc(C3CC3)s2)cc1F. The first-order chi connectivity index (χ1) is 10.2. The molecule has 0 saturated heterocycles. The number of ether oxygens (including phenoxy) is 1. The molecule has 1 fully saturated rings. The number of hydrazine groups is 1. The molecule has 0 atom stereocenters.